The Morgan fingerprint density at radius 1 is 1.36 bits per heavy atom. The second kappa shape index (κ2) is 5.99. The summed E-state index contributed by atoms with van der Waals surface area (Å²) in [5, 5.41) is 9.51. The minimum Gasteiger partial charge on any atom is -0.453 e. The predicted molar refractivity (Wildman–Crippen MR) is 72.2 cm³/mol. The second-order valence-corrected chi connectivity index (χ2v) is 5.23. The average molecular weight is 328 g/mol. The van der Waals surface area contributed by atoms with Gasteiger partial charge in [0.1, 0.15) is 16.8 Å². The smallest absolute Gasteiger partial charge is 0.341 e. The molecule has 0 aliphatic carbocycles. The molecule has 118 valence electrons. The maximum atomic E-state index is 12.1. The number of nitrogens with one attached hydrogen (secondary N) is 1. The molecule has 1 aromatic rings. The Morgan fingerprint density at radius 2 is 2.05 bits per heavy atom. The Hall–Kier alpha value is -2.04. The van der Waals surface area contributed by atoms with Gasteiger partial charge in [-0.25, -0.2) is 4.79 Å². The first-order valence-electron chi connectivity index (χ1n) is 6.49. The van der Waals surface area contributed by atoms with Crippen LogP contribution >= 0.6 is 12.2 Å². The molecule has 4 atom stereocenters. The summed E-state index contributed by atoms with van der Waals surface area (Å²) in [6.07, 6.45) is -1.09. The zero-order valence-corrected chi connectivity index (χ0v) is 12.0. The maximum Gasteiger partial charge on any atom is 0.341 e. The number of aromatic nitrogens is 1. The molecule has 2 fully saturated rings. The highest BCUT2D eigenvalue weighted by Gasteiger charge is 2.51. The highest BCUT2D eigenvalue weighted by Crippen LogP contribution is 2.31. The van der Waals surface area contributed by atoms with Gasteiger partial charge in [-0.2, -0.15) is 0 Å². The monoisotopic (exact) mass is 328 g/mol. The fourth-order valence-electron chi connectivity index (χ4n) is 2.51. The van der Waals surface area contributed by atoms with E-state index in [1.54, 1.807) is 18.3 Å². The van der Waals surface area contributed by atoms with E-state index in [0.29, 0.717) is 0 Å². The molecular weight excluding hydrogens is 316 g/mol. The second-order valence-electron chi connectivity index (χ2n) is 4.82. The van der Waals surface area contributed by atoms with Crippen molar-refractivity contribution < 1.29 is 28.9 Å². The lowest BCUT2D eigenvalue weighted by Gasteiger charge is -2.16. The molecule has 0 radical (unpaired) electrons. The molecule has 10 heteroatoms. The van der Waals surface area contributed by atoms with Crippen LogP contribution in [0.5, 0.6) is 0 Å². The first-order valence-corrected chi connectivity index (χ1v) is 6.90. The van der Waals surface area contributed by atoms with Crippen LogP contribution in [-0.2, 0) is 19.0 Å². The van der Waals surface area contributed by atoms with Crippen molar-refractivity contribution in [3.8, 4) is 0 Å². The number of nitrogens with zero attached hydrogens (tertiary/aromatic N) is 1. The third-order valence-corrected chi connectivity index (χ3v) is 3.82. The topological polar surface area (TPSA) is 113 Å². The van der Waals surface area contributed by atoms with Crippen LogP contribution in [0.3, 0.4) is 0 Å². The SMILES string of the molecule is O=C(O[C@H]1COC2C1OC[C@H]2O[N+](=O)[O-])c1ccc[nH]c1=S. The zero-order valence-electron chi connectivity index (χ0n) is 11.2. The summed E-state index contributed by atoms with van der Waals surface area (Å²) >= 11 is 5.01. The highest BCUT2D eigenvalue weighted by atomic mass is 32.1. The summed E-state index contributed by atoms with van der Waals surface area (Å²) in [4.78, 5) is 29.7. The molecule has 2 saturated heterocycles. The van der Waals surface area contributed by atoms with Crippen molar-refractivity contribution in [1.29, 1.82) is 0 Å². The van der Waals surface area contributed by atoms with Gasteiger partial charge in [0.25, 0.3) is 5.09 Å². The van der Waals surface area contributed by atoms with E-state index in [2.05, 4.69) is 9.82 Å². The van der Waals surface area contributed by atoms with Crippen LogP contribution in [0.1, 0.15) is 10.4 Å². The van der Waals surface area contributed by atoms with Gasteiger partial charge >= 0.3 is 5.97 Å². The van der Waals surface area contributed by atoms with Gasteiger partial charge in [-0.3, -0.25) is 0 Å². The molecule has 3 rings (SSSR count). The summed E-state index contributed by atoms with van der Waals surface area (Å²) in [6.45, 7) is 0.0950. The number of H-pyrrole nitrogens is 1. The molecule has 1 aromatic heterocycles. The minimum absolute atomic E-state index is 0.00969. The van der Waals surface area contributed by atoms with Crippen LogP contribution in [0.4, 0.5) is 0 Å². The van der Waals surface area contributed by atoms with E-state index in [1.807, 2.05) is 0 Å². The van der Waals surface area contributed by atoms with Crippen LogP contribution < -0.4 is 0 Å². The van der Waals surface area contributed by atoms with Crippen molar-refractivity contribution in [3.05, 3.63) is 38.6 Å². The molecule has 0 spiro atoms. The molecule has 0 saturated carbocycles. The van der Waals surface area contributed by atoms with Crippen molar-refractivity contribution in [2.45, 2.75) is 24.4 Å². The molecule has 2 aliphatic rings. The van der Waals surface area contributed by atoms with Crippen LogP contribution in [0, 0.1) is 14.8 Å². The van der Waals surface area contributed by atoms with Gasteiger partial charge in [0.05, 0.1) is 18.8 Å². The predicted octanol–water partition coefficient (Wildman–Crippen LogP) is 0.644. The van der Waals surface area contributed by atoms with Gasteiger partial charge in [-0.1, -0.05) is 12.2 Å². The van der Waals surface area contributed by atoms with Gasteiger partial charge in [0.2, 0.25) is 0 Å². The summed E-state index contributed by atoms with van der Waals surface area (Å²) in [6, 6.07) is 3.18. The van der Waals surface area contributed by atoms with Crippen molar-refractivity contribution in [2.75, 3.05) is 13.2 Å². The Kier molecular flexibility index (Phi) is 4.05. The number of ether oxygens (including phenoxy) is 3. The molecule has 1 N–H and O–H groups in total. The fraction of sp³-hybridized carbons (Fsp3) is 0.500. The van der Waals surface area contributed by atoms with Crippen molar-refractivity contribution in [1.82, 2.24) is 4.98 Å². The van der Waals surface area contributed by atoms with Gasteiger partial charge in [-0.05, 0) is 12.1 Å². The Balaban J connectivity index is 1.66. The van der Waals surface area contributed by atoms with Gasteiger partial charge in [0, 0.05) is 6.20 Å². The van der Waals surface area contributed by atoms with E-state index in [-0.39, 0.29) is 23.4 Å². The number of esters is 1. The Labute approximate surface area is 129 Å². The first kappa shape index (κ1) is 14.9. The van der Waals surface area contributed by atoms with E-state index in [9.17, 15) is 14.9 Å². The number of fused-ring (bicyclic) bond motifs is 1. The molecule has 0 aromatic carbocycles. The van der Waals surface area contributed by atoms with Crippen LogP contribution in [-0.4, -0.2) is 53.7 Å². The van der Waals surface area contributed by atoms with Gasteiger partial charge in [-0.15, -0.1) is 10.1 Å². The number of carbonyl (C=O) groups excluding carboxylic acids is 1. The van der Waals surface area contributed by atoms with E-state index in [0.717, 1.165) is 0 Å². The normalized spacial score (nSPS) is 29.8. The molecule has 2 unspecified atom stereocenters. The third-order valence-electron chi connectivity index (χ3n) is 3.48. The summed E-state index contributed by atoms with van der Waals surface area (Å²) in [5.74, 6) is -0.599. The molecule has 2 aliphatic heterocycles. The number of hydrogen-bond donors (Lipinski definition) is 1. The first-order chi connectivity index (χ1) is 10.6. The average Bonchev–Trinajstić information content (AvgIpc) is 3.03. The number of rotatable bonds is 4. The lowest BCUT2D eigenvalue weighted by molar-refractivity contribution is -0.769. The van der Waals surface area contributed by atoms with E-state index >= 15 is 0 Å². The maximum absolute atomic E-state index is 12.1. The van der Waals surface area contributed by atoms with Crippen LogP contribution in [0.15, 0.2) is 18.3 Å². The molecule has 0 amide bonds. The molecule has 0 bridgehead atoms. The lowest BCUT2D eigenvalue weighted by Crippen LogP contribution is -2.35. The summed E-state index contributed by atoms with van der Waals surface area (Å²) in [7, 11) is 0. The van der Waals surface area contributed by atoms with Crippen molar-refractivity contribution >= 4 is 18.2 Å². The van der Waals surface area contributed by atoms with Crippen LogP contribution in [0.25, 0.3) is 0 Å². The molecular formula is C12H12N2O7S. The minimum atomic E-state index is -0.887. The third kappa shape index (κ3) is 2.80. The Morgan fingerprint density at radius 3 is 2.73 bits per heavy atom. The molecule has 22 heavy (non-hydrogen) atoms. The fourth-order valence-corrected chi connectivity index (χ4v) is 2.73. The van der Waals surface area contributed by atoms with Gasteiger partial charge in [0.15, 0.2) is 12.2 Å². The largest absolute Gasteiger partial charge is 0.453 e. The van der Waals surface area contributed by atoms with E-state index in [1.165, 1.54) is 0 Å². The highest BCUT2D eigenvalue weighted by molar-refractivity contribution is 7.71. The van der Waals surface area contributed by atoms with Crippen molar-refractivity contribution in [2.24, 2.45) is 0 Å². The summed E-state index contributed by atoms with van der Waals surface area (Å²) in [5.41, 5.74) is 0.233. The number of hydrogen-bond acceptors (Lipinski definition) is 8. The summed E-state index contributed by atoms with van der Waals surface area (Å²) < 4.78 is 16.4. The number of aromatic amines is 1. The van der Waals surface area contributed by atoms with E-state index in [4.69, 9.17) is 26.4 Å². The van der Waals surface area contributed by atoms with E-state index < -0.39 is 35.5 Å². The number of pyridine rings is 1. The van der Waals surface area contributed by atoms with Crippen molar-refractivity contribution in [3.63, 3.8) is 0 Å². The Bertz CT molecular complexity index is 648. The number of carbonyl (C=O) groups is 1. The molecule has 9 nitrogen and oxygen atoms in total. The lowest BCUT2D eigenvalue weighted by atomic mass is 10.1. The van der Waals surface area contributed by atoms with Crippen LogP contribution in [0.2, 0.25) is 0 Å². The standard InChI is InChI=1S/C12H12N2O7S/c15-12(6-2-1-3-13-11(6)22)20-7-4-18-10-8(21-14(16)17)5-19-9(7)10/h1-3,7-10H,4-5H2,(H,13,22)/t7-,8+,9?,10?/m0/s1. The van der Waals surface area contributed by atoms with Gasteiger partial charge < -0.3 is 24.0 Å². The molecule has 3 heterocycles. The quantitative estimate of drug-likeness (QED) is 0.371. The zero-order chi connectivity index (χ0) is 15.7.